The molecule has 15 aromatic carbocycles. The molecule has 15 aromatic heterocycles. The maximum Gasteiger partial charge on any atom is 0.145 e. The Morgan fingerprint density at radius 2 is 0.453 bits per heavy atom. The summed E-state index contributed by atoms with van der Waals surface area (Å²) in [6, 6.07) is 152. The van der Waals surface area contributed by atoms with Crippen LogP contribution in [0.15, 0.2) is 485 Å². The highest BCUT2D eigenvalue weighted by molar-refractivity contribution is 7.26. The summed E-state index contributed by atoms with van der Waals surface area (Å²) in [5.41, 5.74) is 45.0. The molecule has 0 atom stereocenters. The molecule has 696 valence electrons. The molecule has 3 aliphatic carbocycles. The van der Waals surface area contributed by atoms with Crippen molar-refractivity contribution in [1.82, 2.24) is 63.1 Å². The monoisotopic (exact) mass is 1930 g/mol. The van der Waals surface area contributed by atoms with Crippen molar-refractivity contribution in [3.63, 3.8) is 0 Å². The first-order chi connectivity index (χ1) is 74.5. The summed E-state index contributed by atoms with van der Waals surface area (Å²) < 4.78 is 18.5. The Hall–Kier alpha value is -20.1. The molecule has 150 heavy (non-hydrogen) atoms. The molecule has 0 unspecified atom stereocenters. The molecule has 0 saturated heterocycles. The molecule has 15 heteroatoms. The van der Waals surface area contributed by atoms with Gasteiger partial charge in [-0.1, -0.05) is 249 Å². The first kappa shape index (κ1) is 84.4. The van der Waals surface area contributed by atoms with Gasteiger partial charge in [0.25, 0.3) is 0 Å². The van der Waals surface area contributed by atoms with Crippen LogP contribution in [0.2, 0.25) is 0 Å². The number of hydrogen-bond donors (Lipinski definition) is 0. The Kier molecular flexibility index (Phi) is 19.0. The van der Waals surface area contributed by atoms with Gasteiger partial charge in [0.1, 0.15) is 28.1 Å². The van der Waals surface area contributed by atoms with Gasteiger partial charge in [-0.05, 0) is 259 Å². The van der Waals surface area contributed by atoms with E-state index in [0.29, 0.717) is 0 Å². The normalized spacial score (nSPS) is 12.0. The molecule has 0 bridgehead atoms. The second kappa shape index (κ2) is 33.7. The highest BCUT2D eigenvalue weighted by Crippen LogP contribution is 2.55. The lowest BCUT2D eigenvalue weighted by atomic mass is 9.83. The average molecular weight is 1930 g/mol. The molecule has 33 rings (SSSR count). The SMILES string of the molecule is c1ccc2c(c1)-c1ccc(-c3cccc4c3oc3ccc(-n5c6ccccc6c6cccnc65)cc34)cc1-c1cccnc1-c1ncccc1-2.c1ccc2c(c1)-c1ccc(-c3cccc4c3sc3ccc(-n5c6ccccc6c6cccnc65)cc34)cc1-c1cccnc1-c1ncccc1-2.c1ccc2c(c1)-c1ccc(-n3c4ccccc4c4cc(-n5c6ccccc6c6cccnc65)ccc43)cc1-c1cccnc1-c1ncccc1-2. The van der Waals surface area contributed by atoms with Crippen molar-refractivity contribution >= 4 is 141 Å². The minimum atomic E-state index is 0.849. The average Bonchev–Trinajstić information content (AvgIpc) is 1.60. The maximum absolute atomic E-state index is 6.70. The van der Waals surface area contributed by atoms with Crippen molar-refractivity contribution in [2.75, 3.05) is 0 Å². The number of aromatic nitrogens is 13. The van der Waals surface area contributed by atoms with Crippen molar-refractivity contribution in [3.8, 4) is 179 Å². The topological polar surface area (TPSA) is 149 Å². The van der Waals surface area contributed by atoms with Gasteiger partial charge in [-0.15, -0.1) is 11.3 Å². The van der Waals surface area contributed by atoms with Crippen LogP contribution in [0, 0.1) is 0 Å². The van der Waals surface area contributed by atoms with E-state index in [1.54, 1.807) is 0 Å². The van der Waals surface area contributed by atoms with E-state index in [4.69, 9.17) is 49.3 Å². The highest BCUT2D eigenvalue weighted by atomic mass is 32.1. The van der Waals surface area contributed by atoms with Crippen LogP contribution in [0.3, 0.4) is 0 Å². The molecule has 0 amide bonds. The molecule has 15 heterocycles. The Labute approximate surface area is 862 Å². The molecule has 3 aliphatic rings. The molecular weight excluding hydrogens is 1850 g/mol. The van der Waals surface area contributed by atoms with Crippen LogP contribution in [0.25, 0.3) is 309 Å². The number of benzene rings is 15. The molecule has 0 radical (unpaired) electrons. The molecule has 0 fully saturated rings. The molecule has 0 spiro atoms. The van der Waals surface area contributed by atoms with E-state index >= 15 is 0 Å². The summed E-state index contributed by atoms with van der Waals surface area (Å²) in [7, 11) is 0. The van der Waals surface area contributed by atoms with Gasteiger partial charge < -0.3 is 8.98 Å². The largest absolute Gasteiger partial charge is 0.455 e. The van der Waals surface area contributed by atoms with Crippen molar-refractivity contribution in [3.05, 3.63) is 480 Å². The fourth-order valence-corrected chi connectivity index (χ4v) is 25.3. The third-order valence-electron chi connectivity index (χ3n) is 30.5. The van der Waals surface area contributed by atoms with E-state index in [-0.39, 0.29) is 0 Å². The van der Waals surface area contributed by atoms with Gasteiger partial charge in [0, 0.05) is 191 Å². The summed E-state index contributed by atoms with van der Waals surface area (Å²) in [6.45, 7) is 0. The Balaban J connectivity index is 0.000000101. The summed E-state index contributed by atoms with van der Waals surface area (Å²) >= 11 is 1.86. The Morgan fingerprint density at radius 3 is 0.907 bits per heavy atom. The van der Waals surface area contributed by atoms with Crippen LogP contribution in [0.4, 0.5) is 0 Å². The standard InChI is InChI=1S/C45H27N5.C45H26N4O.C45H26N4S/c1-2-11-31-30(10-1)32-21-19-28(26-38(32)36-15-8-24-47-44(36)43-35(31)14-7-23-46-43)49-40-17-5-4-13-34(40)39-27-29(20-22-42(39)49)50-41-18-6-3-12-33(41)37-16-9-25-48-45(37)50;2*1-2-10-31-30(9-1)32-20-18-27(25-38(32)35-15-7-23-47-43(35)42-34(31)14-6-22-46-42)29-12-5-13-36-39-26-28(19-21-41(39)50-44(29)36)49-40-17-4-3-11-33(40)37-16-8-24-48-45(37)49/h1-27H;2*1-26H. The van der Waals surface area contributed by atoms with Crippen molar-refractivity contribution in [1.29, 1.82) is 0 Å². The van der Waals surface area contributed by atoms with Crippen LogP contribution in [-0.4, -0.2) is 63.1 Å². The molecule has 0 N–H and O–H groups in total. The first-order valence-electron chi connectivity index (χ1n) is 50.4. The fourth-order valence-electron chi connectivity index (χ4n) is 24.1. The van der Waals surface area contributed by atoms with Gasteiger partial charge in [0.15, 0.2) is 0 Å². The number of nitrogens with zero attached hydrogens (tertiary/aromatic N) is 13. The maximum atomic E-state index is 6.70. The third-order valence-corrected chi connectivity index (χ3v) is 31.7. The zero-order valence-electron chi connectivity index (χ0n) is 80.2. The van der Waals surface area contributed by atoms with Gasteiger partial charge in [-0.2, -0.15) is 0 Å². The summed E-state index contributed by atoms with van der Waals surface area (Å²) in [4.78, 5) is 43.8. The molecule has 14 nitrogen and oxygen atoms in total. The van der Waals surface area contributed by atoms with Gasteiger partial charge >= 0.3 is 0 Å². The lowest BCUT2D eigenvalue weighted by Crippen LogP contribution is -2.02. The predicted molar refractivity (Wildman–Crippen MR) is 614 cm³/mol. The quantitative estimate of drug-likeness (QED) is 0.157. The smallest absolute Gasteiger partial charge is 0.145 e. The van der Waals surface area contributed by atoms with Gasteiger partial charge in [0.05, 0.1) is 61.7 Å². The minimum absolute atomic E-state index is 0.849. The minimum Gasteiger partial charge on any atom is -0.455 e. The van der Waals surface area contributed by atoms with Crippen molar-refractivity contribution in [2.45, 2.75) is 0 Å². The first-order valence-corrected chi connectivity index (χ1v) is 51.2. The number of pyridine rings is 9. The molecule has 0 aliphatic heterocycles. The van der Waals surface area contributed by atoms with Gasteiger partial charge in [-0.25, -0.2) is 15.0 Å². The fraction of sp³-hybridized carbons (Fsp3) is 0. The van der Waals surface area contributed by atoms with Crippen molar-refractivity contribution < 1.29 is 4.42 Å². The molecule has 30 aromatic rings. The van der Waals surface area contributed by atoms with Crippen LogP contribution in [0.5, 0.6) is 0 Å². The predicted octanol–water partition coefficient (Wildman–Crippen LogP) is 34.5. The summed E-state index contributed by atoms with van der Waals surface area (Å²) in [5.74, 6) is 0. The van der Waals surface area contributed by atoms with Crippen molar-refractivity contribution in [2.24, 2.45) is 0 Å². The highest BCUT2D eigenvalue weighted by Gasteiger charge is 2.32. The zero-order valence-corrected chi connectivity index (χ0v) is 81.1. The molecular formula is C135H79N13OS. The third kappa shape index (κ3) is 13.0. The number of fused-ring (bicyclic) bond motifs is 42. The zero-order chi connectivity index (χ0) is 98.3. The second-order valence-corrected chi connectivity index (χ2v) is 39.5. The summed E-state index contributed by atoms with van der Waals surface area (Å²) in [6.07, 6.45) is 16.8. The Bertz CT molecular complexity index is 10400. The van der Waals surface area contributed by atoms with Crippen LogP contribution >= 0.6 is 11.3 Å². The van der Waals surface area contributed by atoms with E-state index in [9.17, 15) is 0 Å². The van der Waals surface area contributed by atoms with E-state index < -0.39 is 0 Å². The lowest BCUT2D eigenvalue weighted by Gasteiger charge is -2.22. The number of hydrogen-bond acceptors (Lipinski definition) is 11. The number of furan rings is 1. The molecule has 0 saturated carbocycles. The van der Waals surface area contributed by atoms with E-state index in [1.807, 2.05) is 122 Å². The van der Waals surface area contributed by atoms with Gasteiger partial charge in [0.2, 0.25) is 0 Å². The van der Waals surface area contributed by atoms with Crippen LogP contribution in [-0.2, 0) is 0 Å². The lowest BCUT2D eigenvalue weighted by molar-refractivity contribution is 0.670. The Morgan fingerprint density at radius 1 is 0.167 bits per heavy atom. The number of rotatable bonds is 6. The second-order valence-electron chi connectivity index (χ2n) is 38.4. The van der Waals surface area contributed by atoms with E-state index in [2.05, 4.69) is 388 Å². The van der Waals surface area contributed by atoms with Crippen LogP contribution < -0.4 is 0 Å². The number of para-hydroxylation sites is 5. The van der Waals surface area contributed by atoms with E-state index in [1.165, 1.54) is 97.0 Å². The van der Waals surface area contributed by atoms with Gasteiger partial charge in [-0.3, -0.25) is 43.6 Å². The van der Waals surface area contributed by atoms with Crippen LogP contribution in [0.1, 0.15) is 0 Å². The summed E-state index contributed by atoms with van der Waals surface area (Å²) in [5, 5.41) is 14.1. The van der Waals surface area contributed by atoms with E-state index in [0.717, 1.165) is 212 Å². The number of thiophene rings is 1.